The minimum Gasteiger partial charge on any atom is -0.456 e. The summed E-state index contributed by atoms with van der Waals surface area (Å²) in [7, 11) is 4.64. The first kappa shape index (κ1) is 46.3. The number of ether oxygens (including phenoxy) is 5. The lowest BCUT2D eigenvalue weighted by Gasteiger charge is -2.46. The summed E-state index contributed by atoms with van der Waals surface area (Å²) in [6.45, 7) is 11.0. The summed E-state index contributed by atoms with van der Waals surface area (Å²) < 4.78 is 29.7. The highest BCUT2D eigenvalue weighted by Crippen LogP contribution is 2.39. The van der Waals surface area contributed by atoms with Crippen LogP contribution in [0.3, 0.4) is 0 Å². The largest absolute Gasteiger partial charge is 0.456 e. The van der Waals surface area contributed by atoms with Gasteiger partial charge in [-0.05, 0) is 89.2 Å². The molecule has 0 aromatic carbocycles. The molecular weight excluding hydrogens is 722 g/mol. The first-order valence-electron chi connectivity index (χ1n) is 20.7. The molecule has 1 saturated carbocycles. The van der Waals surface area contributed by atoms with Gasteiger partial charge in [-0.3, -0.25) is 24.1 Å². The number of aliphatic hydroxyl groups excluding tert-OH is 2. The molecule has 1 aliphatic carbocycles. The Kier molecular flexibility index (Phi) is 17.0. The highest BCUT2D eigenvalue weighted by atomic mass is 16.7. The first-order chi connectivity index (χ1) is 26.4. The Bertz CT molecular complexity index is 1430. The van der Waals surface area contributed by atoms with Gasteiger partial charge in [-0.1, -0.05) is 51.8 Å². The SMILES string of the molecule is COC1CC(/C=C(\C)C2OC(=O)C3CCCCN3CC(=O)C(=O)C3(O)OC(C(OC)CC(C)C/C(C)=C/C(C)C(=O)CC(O)C2C)C(OC)CC3C)CCC1O. The van der Waals surface area contributed by atoms with Crippen molar-refractivity contribution in [1.82, 2.24) is 4.90 Å². The van der Waals surface area contributed by atoms with E-state index in [1.165, 1.54) is 14.2 Å². The van der Waals surface area contributed by atoms with Crippen molar-refractivity contribution in [3.05, 3.63) is 23.3 Å². The summed E-state index contributed by atoms with van der Waals surface area (Å²) in [4.78, 5) is 57.2. The van der Waals surface area contributed by atoms with Crippen molar-refractivity contribution < 1.29 is 58.2 Å². The van der Waals surface area contributed by atoms with Crippen molar-refractivity contribution in [3.63, 3.8) is 0 Å². The van der Waals surface area contributed by atoms with Gasteiger partial charge in [-0.25, -0.2) is 0 Å². The molecule has 14 atom stereocenters. The van der Waals surface area contributed by atoms with Gasteiger partial charge in [0.2, 0.25) is 11.6 Å². The molecule has 4 rings (SSSR count). The number of allylic oxidation sites excluding steroid dienone is 3. The Morgan fingerprint density at radius 1 is 0.875 bits per heavy atom. The van der Waals surface area contributed by atoms with Gasteiger partial charge >= 0.3 is 5.97 Å². The number of methoxy groups -OCH3 is 3. The molecule has 0 amide bonds. The number of rotatable bonds is 5. The molecule has 4 aliphatic rings. The summed E-state index contributed by atoms with van der Waals surface area (Å²) in [6, 6.07) is -0.861. The summed E-state index contributed by atoms with van der Waals surface area (Å²) in [5.74, 6) is -6.98. The van der Waals surface area contributed by atoms with Crippen LogP contribution in [0, 0.1) is 29.6 Å². The lowest BCUT2D eigenvalue weighted by atomic mass is 9.81. The second kappa shape index (κ2) is 20.6. The second-order valence-corrected chi connectivity index (χ2v) is 17.3. The van der Waals surface area contributed by atoms with Crippen molar-refractivity contribution >= 4 is 23.3 Å². The predicted molar refractivity (Wildman–Crippen MR) is 208 cm³/mol. The number of hydrogen-bond donors (Lipinski definition) is 3. The lowest BCUT2D eigenvalue weighted by molar-refractivity contribution is -0.302. The molecule has 3 N–H and O–H groups in total. The van der Waals surface area contributed by atoms with E-state index in [1.807, 2.05) is 39.8 Å². The number of esters is 1. The van der Waals surface area contributed by atoms with E-state index < -0.39 is 90.3 Å². The van der Waals surface area contributed by atoms with E-state index >= 15 is 0 Å². The zero-order valence-corrected chi connectivity index (χ0v) is 35.1. The Morgan fingerprint density at radius 2 is 1.54 bits per heavy atom. The predicted octanol–water partition coefficient (Wildman–Crippen LogP) is 4.13. The highest BCUT2D eigenvalue weighted by Gasteiger charge is 2.55. The monoisotopic (exact) mass is 791 g/mol. The van der Waals surface area contributed by atoms with Gasteiger partial charge in [0.05, 0.1) is 37.1 Å². The topological polar surface area (TPSA) is 178 Å². The molecule has 0 aromatic rings. The minimum atomic E-state index is -2.43. The number of ketones is 3. The van der Waals surface area contributed by atoms with Crippen LogP contribution in [0.15, 0.2) is 23.3 Å². The zero-order valence-electron chi connectivity index (χ0n) is 35.1. The fourth-order valence-corrected chi connectivity index (χ4v) is 9.36. The van der Waals surface area contributed by atoms with Crippen molar-refractivity contribution in [1.29, 1.82) is 0 Å². The average molecular weight is 792 g/mol. The van der Waals surface area contributed by atoms with Gasteiger partial charge in [-0.2, -0.15) is 0 Å². The molecule has 3 heterocycles. The molecule has 3 aliphatic heterocycles. The van der Waals surface area contributed by atoms with Crippen molar-refractivity contribution in [2.75, 3.05) is 34.4 Å². The van der Waals surface area contributed by atoms with E-state index in [1.54, 1.807) is 25.9 Å². The third kappa shape index (κ3) is 11.2. The Morgan fingerprint density at radius 3 is 2.20 bits per heavy atom. The number of hydrogen-bond acceptors (Lipinski definition) is 13. The van der Waals surface area contributed by atoms with Crippen LogP contribution >= 0.6 is 0 Å². The number of piperidine rings is 1. The zero-order chi connectivity index (χ0) is 41.5. The van der Waals surface area contributed by atoms with E-state index in [9.17, 15) is 34.5 Å². The van der Waals surface area contributed by atoms with Crippen molar-refractivity contribution in [2.24, 2.45) is 29.6 Å². The average Bonchev–Trinajstić information content (AvgIpc) is 3.16. The number of fused-ring (bicyclic) bond motifs is 3. The maximum Gasteiger partial charge on any atom is 0.323 e. The molecule has 2 saturated heterocycles. The van der Waals surface area contributed by atoms with Crippen LogP contribution in [0.2, 0.25) is 0 Å². The third-order valence-corrected chi connectivity index (χ3v) is 12.9. The van der Waals surface area contributed by atoms with Gasteiger partial charge in [0.25, 0.3) is 5.78 Å². The number of carbonyl (C=O) groups excluding carboxylic acids is 4. The molecular formula is C43H69NO12. The van der Waals surface area contributed by atoms with Crippen LogP contribution in [0.1, 0.15) is 106 Å². The van der Waals surface area contributed by atoms with Gasteiger partial charge < -0.3 is 39.0 Å². The number of aliphatic hydroxyl groups is 3. The van der Waals surface area contributed by atoms with E-state index in [4.69, 9.17) is 23.7 Å². The number of carbonyl (C=O) groups is 4. The van der Waals surface area contributed by atoms with Crippen LogP contribution in [0.5, 0.6) is 0 Å². The fourth-order valence-electron chi connectivity index (χ4n) is 9.36. The Hall–Kier alpha value is -2.36. The highest BCUT2D eigenvalue weighted by molar-refractivity contribution is 6.40. The molecule has 2 bridgehead atoms. The fraction of sp³-hybridized carbons (Fsp3) is 0.814. The quantitative estimate of drug-likeness (QED) is 0.206. The maximum absolute atomic E-state index is 14.2. The first-order valence-corrected chi connectivity index (χ1v) is 20.7. The minimum absolute atomic E-state index is 0.0286. The van der Waals surface area contributed by atoms with Gasteiger partial charge in [0.1, 0.15) is 24.0 Å². The molecule has 13 nitrogen and oxygen atoms in total. The smallest absolute Gasteiger partial charge is 0.323 e. The summed E-state index contributed by atoms with van der Waals surface area (Å²) in [5.41, 5.74) is 1.68. The van der Waals surface area contributed by atoms with Gasteiger partial charge in [0, 0.05) is 45.5 Å². The number of cyclic esters (lactones) is 1. The molecule has 318 valence electrons. The number of nitrogens with zero attached hydrogens (tertiary/aromatic N) is 1. The summed E-state index contributed by atoms with van der Waals surface area (Å²) in [5, 5.41) is 33.9. The van der Waals surface area contributed by atoms with E-state index in [-0.39, 0.29) is 36.6 Å². The van der Waals surface area contributed by atoms with E-state index in [0.29, 0.717) is 63.5 Å². The maximum atomic E-state index is 14.2. The third-order valence-electron chi connectivity index (χ3n) is 12.9. The lowest BCUT2D eigenvalue weighted by Crippen LogP contribution is -2.63. The van der Waals surface area contributed by atoms with Gasteiger partial charge in [0.15, 0.2) is 0 Å². The molecule has 14 unspecified atom stereocenters. The summed E-state index contributed by atoms with van der Waals surface area (Å²) >= 11 is 0. The van der Waals surface area contributed by atoms with Crippen LogP contribution in [-0.4, -0.2) is 133 Å². The Labute approximate surface area is 333 Å². The Balaban J connectivity index is 1.71. The van der Waals surface area contributed by atoms with E-state index in [2.05, 4.69) is 0 Å². The molecule has 3 fully saturated rings. The van der Waals surface area contributed by atoms with E-state index in [0.717, 1.165) is 5.57 Å². The molecule has 0 aromatic heterocycles. The van der Waals surface area contributed by atoms with Crippen molar-refractivity contribution in [2.45, 2.75) is 160 Å². The van der Waals surface area contributed by atoms with Crippen LogP contribution in [-0.2, 0) is 42.9 Å². The standard InChI is InChI=1S/C43H69NO12/c1-24-16-25(2)18-37(53-8)40-38(54-9)20-28(5)43(51,56-40)41(49)35(48)23-44-15-11-10-12-31(44)42(50)55-39(29(6)34(47)22-33(46)26(3)17-24)27(4)19-30-13-14-32(45)36(21-30)52-7/h17,19,25-26,28-32,34,36-40,45,47,51H,10-16,18,20-23H2,1-9H3/b24-17+,27-19+. The van der Waals surface area contributed by atoms with Crippen LogP contribution in [0.25, 0.3) is 0 Å². The van der Waals surface area contributed by atoms with Crippen LogP contribution < -0.4 is 0 Å². The molecule has 56 heavy (non-hydrogen) atoms. The molecule has 0 spiro atoms. The van der Waals surface area contributed by atoms with Crippen molar-refractivity contribution in [3.8, 4) is 0 Å². The molecule has 0 radical (unpaired) electrons. The second-order valence-electron chi connectivity index (χ2n) is 17.3. The summed E-state index contributed by atoms with van der Waals surface area (Å²) in [6.07, 6.45) is 3.85. The molecule has 13 heteroatoms. The number of Topliss-reactive ketones (excluding diaryl/α,β-unsaturated/α-hetero) is 3. The van der Waals surface area contributed by atoms with Gasteiger partial charge in [-0.15, -0.1) is 0 Å². The normalized spacial score (nSPS) is 42.1. The van der Waals surface area contributed by atoms with Crippen LogP contribution in [0.4, 0.5) is 0 Å².